The molecule has 1 aromatic carbocycles. The summed E-state index contributed by atoms with van der Waals surface area (Å²) in [5, 5.41) is 3.83. The maximum absolute atomic E-state index is 11.9. The molecule has 1 aliphatic rings. The molecule has 0 spiro atoms. The van der Waals surface area contributed by atoms with E-state index in [1.54, 1.807) is 24.1 Å². The highest BCUT2D eigenvalue weighted by molar-refractivity contribution is 9.10. The molecule has 1 aromatic rings. The lowest BCUT2D eigenvalue weighted by Crippen LogP contribution is -2.43. The first-order valence-corrected chi connectivity index (χ1v) is 7.87. The van der Waals surface area contributed by atoms with Gasteiger partial charge >= 0.3 is 11.8 Å². The monoisotopic (exact) mass is 367 g/mol. The van der Waals surface area contributed by atoms with Crippen LogP contribution in [0.2, 0.25) is 0 Å². The molecule has 1 N–H and O–H groups in total. The molecular weight excluding hydrogens is 350 g/mol. The number of ether oxygens (including phenoxy) is 1. The van der Waals surface area contributed by atoms with Gasteiger partial charge in [-0.1, -0.05) is 15.9 Å². The highest BCUT2D eigenvalue weighted by atomic mass is 79.9. The molecule has 0 radical (unpaired) electrons. The first-order chi connectivity index (χ1) is 10.6. The quantitative estimate of drug-likeness (QED) is 0.504. The van der Waals surface area contributed by atoms with Gasteiger partial charge in [-0.15, -0.1) is 0 Å². The van der Waals surface area contributed by atoms with E-state index < -0.39 is 11.8 Å². The van der Waals surface area contributed by atoms with E-state index in [0.717, 1.165) is 23.7 Å². The van der Waals surface area contributed by atoms with Crippen molar-refractivity contribution in [3.63, 3.8) is 0 Å². The zero-order chi connectivity index (χ0) is 15.9. The van der Waals surface area contributed by atoms with Crippen LogP contribution < -0.4 is 10.2 Å². The Morgan fingerprint density at radius 1 is 1.32 bits per heavy atom. The molecule has 0 unspecified atom stereocenters. The minimum atomic E-state index is -0.716. The van der Waals surface area contributed by atoms with Crippen LogP contribution in [0.15, 0.2) is 27.8 Å². The lowest BCUT2D eigenvalue weighted by molar-refractivity contribution is -0.146. The van der Waals surface area contributed by atoms with Crippen molar-refractivity contribution in [3.8, 4) is 5.75 Å². The van der Waals surface area contributed by atoms with E-state index in [9.17, 15) is 9.59 Å². The summed E-state index contributed by atoms with van der Waals surface area (Å²) in [5.41, 5.74) is 2.96. The van der Waals surface area contributed by atoms with Crippen molar-refractivity contribution < 1.29 is 14.3 Å². The van der Waals surface area contributed by atoms with Crippen LogP contribution in [0.25, 0.3) is 0 Å². The van der Waals surface area contributed by atoms with Crippen LogP contribution in [-0.4, -0.2) is 43.1 Å². The topological polar surface area (TPSA) is 71.0 Å². The van der Waals surface area contributed by atoms with Gasteiger partial charge in [0, 0.05) is 23.1 Å². The van der Waals surface area contributed by atoms with Crippen molar-refractivity contribution in [3.05, 3.63) is 28.2 Å². The Morgan fingerprint density at radius 2 is 2.05 bits per heavy atom. The van der Waals surface area contributed by atoms with Crippen LogP contribution in [0.1, 0.15) is 24.8 Å². The number of nitrogens with zero attached hydrogens (tertiary/aromatic N) is 2. The summed E-state index contributed by atoms with van der Waals surface area (Å²) in [6.45, 7) is 1.27. The zero-order valence-electron chi connectivity index (χ0n) is 12.3. The van der Waals surface area contributed by atoms with Crippen LogP contribution >= 0.6 is 15.9 Å². The number of benzene rings is 1. The second-order valence-corrected chi connectivity index (χ2v) is 5.85. The minimum absolute atomic E-state index is 0.530. The molecule has 6 nitrogen and oxygen atoms in total. The fourth-order valence-corrected chi connectivity index (χ4v) is 2.63. The number of halogens is 1. The molecule has 2 amide bonds. The number of piperidine rings is 1. The number of hydrogen-bond acceptors (Lipinski definition) is 4. The molecule has 0 aliphatic carbocycles. The van der Waals surface area contributed by atoms with Crippen molar-refractivity contribution in [1.29, 1.82) is 0 Å². The zero-order valence-corrected chi connectivity index (χ0v) is 13.9. The summed E-state index contributed by atoms with van der Waals surface area (Å²) in [6, 6.07) is 5.43. The third-order valence-corrected chi connectivity index (χ3v) is 3.89. The van der Waals surface area contributed by atoms with Crippen molar-refractivity contribution >= 4 is 34.0 Å². The predicted molar refractivity (Wildman–Crippen MR) is 86.9 cm³/mol. The van der Waals surface area contributed by atoms with Gasteiger partial charge in [-0.05, 0) is 37.5 Å². The number of nitrogens with one attached hydrogen (secondary N) is 1. The van der Waals surface area contributed by atoms with Gasteiger partial charge in [-0.2, -0.15) is 5.10 Å². The van der Waals surface area contributed by atoms with Gasteiger partial charge in [0.2, 0.25) is 0 Å². The van der Waals surface area contributed by atoms with Crippen LogP contribution in [0.5, 0.6) is 5.75 Å². The fourth-order valence-electron chi connectivity index (χ4n) is 2.25. The summed E-state index contributed by atoms with van der Waals surface area (Å²) < 4.78 is 6.07. The van der Waals surface area contributed by atoms with E-state index in [0.29, 0.717) is 24.4 Å². The van der Waals surface area contributed by atoms with Gasteiger partial charge < -0.3 is 9.64 Å². The molecule has 1 aliphatic heterocycles. The Bertz CT molecular complexity index is 583. The highest BCUT2D eigenvalue weighted by Gasteiger charge is 2.22. The van der Waals surface area contributed by atoms with Crippen molar-refractivity contribution in [2.24, 2.45) is 5.10 Å². The van der Waals surface area contributed by atoms with Crippen molar-refractivity contribution in [1.82, 2.24) is 10.3 Å². The average molecular weight is 368 g/mol. The van der Waals surface area contributed by atoms with E-state index >= 15 is 0 Å². The number of carbonyl (C=O) groups is 2. The van der Waals surface area contributed by atoms with E-state index in [1.807, 2.05) is 6.07 Å². The minimum Gasteiger partial charge on any atom is -0.496 e. The van der Waals surface area contributed by atoms with Crippen LogP contribution in [0.3, 0.4) is 0 Å². The number of likely N-dealkylation sites (tertiary alicyclic amines) is 1. The summed E-state index contributed by atoms with van der Waals surface area (Å²) >= 11 is 3.36. The second kappa shape index (κ2) is 7.93. The SMILES string of the molecule is COc1ccc(Br)cc1/C=N\NC(=O)C(=O)N1CCCCC1. The molecule has 2 rings (SSSR count). The molecule has 118 valence electrons. The maximum atomic E-state index is 11.9. The molecule has 0 bridgehead atoms. The molecule has 1 fully saturated rings. The Labute approximate surface area is 137 Å². The van der Waals surface area contributed by atoms with Crippen molar-refractivity contribution in [2.45, 2.75) is 19.3 Å². The van der Waals surface area contributed by atoms with Crippen LogP contribution in [0.4, 0.5) is 0 Å². The third-order valence-electron chi connectivity index (χ3n) is 3.40. The summed E-state index contributed by atoms with van der Waals surface area (Å²) in [7, 11) is 1.55. The summed E-state index contributed by atoms with van der Waals surface area (Å²) in [5.74, 6) is -0.617. The second-order valence-electron chi connectivity index (χ2n) is 4.94. The molecule has 0 aromatic heterocycles. The van der Waals surface area contributed by atoms with E-state index in [4.69, 9.17) is 4.74 Å². The summed E-state index contributed by atoms with van der Waals surface area (Å²) in [4.78, 5) is 25.3. The van der Waals surface area contributed by atoms with Gasteiger partial charge in [-0.3, -0.25) is 9.59 Å². The van der Waals surface area contributed by atoms with Gasteiger partial charge in [0.1, 0.15) is 5.75 Å². The Kier molecular flexibility index (Phi) is 5.94. The standard InChI is InChI=1S/C15H18BrN3O3/c1-22-13-6-5-12(16)9-11(13)10-17-18-14(20)15(21)19-7-3-2-4-8-19/h5-6,9-10H,2-4,7-8H2,1H3,(H,18,20)/b17-10-. The van der Waals surface area contributed by atoms with Crippen LogP contribution in [0, 0.1) is 0 Å². The normalized spacial score (nSPS) is 14.9. The average Bonchev–Trinajstić information content (AvgIpc) is 2.55. The smallest absolute Gasteiger partial charge is 0.329 e. The molecule has 7 heteroatoms. The number of methoxy groups -OCH3 is 1. The Balaban J connectivity index is 1.95. The number of carbonyl (C=O) groups excluding carboxylic acids is 2. The largest absolute Gasteiger partial charge is 0.496 e. The molecule has 0 atom stereocenters. The number of hydrogen-bond donors (Lipinski definition) is 1. The molecule has 0 saturated carbocycles. The Morgan fingerprint density at radius 3 is 2.73 bits per heavy atom. The molecule has 1 heterocycles. The van der Waals surface area contributed by atoms with Gasteiger partial charge in [0.05, 0.1) is 13.3 Å². The Hall–Kier alpha value is -1.89. The van der Waals surface area contributed by atoms with Gasteiger partial charge in [0.15, 0.2) is 0 Å². The lowest BCUT2D eigenvalue weighted by atomic mass is 10.1. The molecule has 22 heavy (non-hydrogen) atoms. The number of rotatable bonds is 3. The number of amides is 2. The number of hydrazone groups is 1. The maximum Gasteiger partial charge on any atom is 0.329 e. The van der Waals surface area contributed by atoms with Crippen LogP contribution in [-0.2, 0) is 9.59 Å². The highest BCUT2D eigenvalue weighted by Crippen LogP contribution is 2.21. The van der Waals surface area contributed by atoms with E-state index in [-0.39, 0.29) is 0 Å². The fraction of sp³-hybridized carbons (Fsp3) is 0.400. The van der Waals surface area contributed by atoms with Crippen molar-refractivity contribution in [2.75, 3.05) is 20.2 Å². The van der Waals surface area contributed by atoms with Gasteiger partial charge in [-0.25, -0.2) is 5.43 Å². The molecular formula is C15H18BrN3O3. The first kappa shape index (κ1) is 16.5. The van der Waals surface area contributed by atoms with E-state index in [1.165, 1.54) is 6.21 Å². The van der Waals surface area contributed by atoms with E-state index in [2.05, 4.69) is 26.5 Å². The van der Waals surface area contributed by atoms with Gasteiger partial charge in [0.25, 0.3) is 0 Å². The predicted octanol–water partition coefficient (Wildman–Crippen LogP) is 1.92. The third kappa shape index (κ3) is 4.30. The first-order valence-electron chi connectivity index (χ1n) is 7.07. The lowest BCUT2D eigenvalue weighted by Gasteiger charge is -2.25. The molecule has 1 saturated heterocycles. The summed E-state index contributed by atoms with van der Waals surface area (Å²) in [6.07, 6.45) is 4.44.